The fraction of sp³-hybridized carbons (Fsp3) is 0.692. The smallest absolute Gasteiger partial charge is 0.323 e. The molecule has 2 rings (SSSR count). The van der Waals surface area contributed by atoms with E-state index >= 15 is 0 Å². The Bertz CT molecular complexity index is 441. The predicted molar refractivity (Wildman–Crippen MR) is 68.6 cm³/mol. The van der Waals surface area contributed by atoms with Crippen LogP contribution in [0.15, 0.2) is 12.4 Å². The van der Waals surface area contributed by atoms with E-state index in [-0.39, 0.29) is 6.04 Å². The zero-order valence-electron chi connectivity index (χ0n) is 11.2. The molecular formula is C13H21N3O2. The first kappa shape index (κ1) is 13.1. The SMILES string of the molecule is CNC1(C(=O)O)CCC(n2ccnc2C(C)C)C1. The van der Waals surface area contributed by atoms with Crippen LogP contribution in [0.2, 0.25) is 0 Å². The number of rotatable bonds is 4. The standard InChI is InChI=1S/C13H21N3O2/c1-9(2)11-15-6-7-16(11)10-4-5-13(8-10,14-3)12(17)18/h6-7,9-10,14H,4-5,8H2,1-3H3,(H,17,18). The molecule has 1 heterocycles. The normalized spacial score (nSPS) is 27.9. The lowest BCUT2D eigenvalue weighted by atomic mass is 9.98. The molecule has 0 aliphatic heterocycles. The molecule has 5 heteroatoms. The van der Waals surface area contributed by atoms with E-state index in [1.54, 1.807) is 13.2 Å². The molecule has 100 valence electrons. The van der Waals surface area contributed by atoms with E-state index in [2.05, 4.69) is 28.7 Å². The van der Waals surface area contributed by atoms with Gasteiger partial charge in [-0.05, 0) is 26.3 Å². The van der Waals surface area contributed by atoms with Crippen LogP contribution in [-0.2, 0) is 4.79 Å². The van der Waals surface area contributed by atoms with E-state index < -0.39 is 11.5 Å². The molecule has 5 nitrogen and oxygen atoms in total. The van der Waals surface area contributed by atoms with E-state index in [0.717, 1.165) is 12.2 Å². The zero-order valence-corrected chi connectivity index (χ0v) is 11.2. The van der Waals surface area contributed by atoms with E-state index in [0.29, 0.717) is 18.8 Å². The lowest BCUT2D eigenvalue weighted by Crippen LogP contribution is -2.48. The fourth-order valence-corrected chi connectivity index (χ4v) is 2.87. The molecule has 1 fully saturated rings. The van der Waals surface area contributed by atoms with Crippen LogP contribution in [0.1, 0.15) is 50.9 Å². The minimum absolute atomic E-state index is 0.230. The topological polar surface area (TPSA) is 67.2 Å². The second-order valence-corrected chi connectivity index (χ2v) is 5.38. The Balaban J connectivity index is 2.23. The van der Waals surface area contributed by atoms with Crippen molar-refractivity contribution in [3.05, 3.63) is 18.2 Å². The molecule has 0 amide bonds. The maximum Gasteiger partial charge on any atom is 0.323 e. The van der Waals surface area contributed by atoms with Gasteiger partial charge in [-0.25, -0.2) is 4.98 Å². The summed E-state index contributed by atoms with van der Waals surface area (Å²) in [5, 5.41) is 12.4. The van der Waals surface area contributed by atoms with Gasteiger partial charge in [-0.3, -0.25) is 4.79 Å². The number of carboxylic acid groups (broad SMARTS) is 1. The summed E-state index contributed by atoms with van der Waals surface area (Å²) in [6.45, 7) is 4.21. The monoisotopic (exact) mass is 251 g/mol. The molecule has 18 heavy (non-hydrogen) atoms. The molecule has 0 radical (unpaired) electrons. The molecule has 0 spiro atoms. The third-order valence-electron chi connectivity index (χ3n) is 3.98. The quantitative estimate of drug-likeness (QED) is 0.856. The number of carboxylic acids is 1. The van der Waals surface area contributed by atoms with E-state index in [9.17, 15) is 9.90 Å². The van der Waals surface area contributed by atoms with E-state index in [1.165, 1.54) is 0 Å². The number of nitrogens with one attached hydrogen (secondary N) is 1. The summed E-state index contributed by atoms with van der Waals surface area (Å²) in [6, 6.07) is 0.230. The van der Waals surface area contributed by atoms with Crippen LogP contribution < -0.4 is 5.32 Å². The summed E-state index contributed by atoms with van der Waals surface area (Å²) in [4.78, 5) is 15.8. The minimum Gasteiger partial charge on any atom is -0.480 e. The second-order valence-electron chi connectivity index (χ2n) is 5.38. The first-order chi connectivity index (χ1) is 8.50. The van der Waals surface area contributed by atoms with Crippen LogP contribution in [0.3, 0.4) is 0 Å². The summed E-state index contributed by atoms with van der Waals surface area (Å²) in [5.74, 6) is 0.644. The fourth-order valence-electron chi connectivity index (χ4n) is 2.87. The number of nitrogens with zero attached hydrogens (tertiary/aromatic N) is 2. The Hall–Kier alpha value is -1.36. The molecule has 1 saturated carbocycles. The highest BCUT2D eigenvalue weighted by Crippen LogP contribution is 2.39. The van der Waals surface area contributed by atoms with Crippen LogP contribution in [-0.4, -0.2) is 33.2 Å². The van der Waals surface area contributed by atoms with Gasteiger partial charge in [0, 0.05) is 24.4 Å². The van der Waals surface area contributed by atoms with Crippen molar-refractivity contribution in [3.8, 4) is 0 Å². The molecule has 2 unspecified atom stereocenters. The van der Waals surface area contributed by atoms with E-state index in [1.807, 2.05) is 6.20 Å². The van der Waals surface area contributed by atoms with Crippen LogP contribution in [0.5, 0.6) is 0 Å². The number of carbonyl (C=O) groups is 1. The van der Waals surface area contributed by atoms with Gasteiger partial charge >= 0.3 is 5.97 Å². The highest BCUT2D eigenvalue weighted by molar-refractivity contribution is 5.79. The molecule has 2 N–H and O–H groups in total. The largest absolute Gasteiger partial charge is 0.480 e. The van der Waals surface area contributed by atoms with Crippen LogP contribution >= 0.6 is 0 Å². The molecule has 2 atom stereocenters. The zero-order chi connectivity index (χ0) is 13.3. The van der Waals surface area contributed by atoms with Crippen molar-refractivity contribution in [2.75, 3.05) is 7.05 Å². The molecule has 1 aliphatic rings. The van der Waals surface area contributed by atoms with Crippen molar-refractivity contribution >= 4 is 5.97 Å². The highest BCUT2D eigenvalue weighted by Gasteiger charge is 2.45. The molecule has 1 aromatic heterocycles. The lowest BCUT2D eigenvalue weighted by molar-refractivity contribution is -0.144. The summed E-state index contributed by atoms with van der Waals surface area (Å²) in [7, 11) is 1.73. The Morgan fingerprint density at radius 1 is 1.67 bits per heavy atom. The maximum atomic E-state index is 11.4. The number of aromatic nitrogens is 2. The van der Waals surface area contributed by atoms with Crippen LogP contribution in [0, 0.1) is 0 Å². The molecule has 1 aliphatic carbocycles. The molecule has 0 saturated heterocycles. The first-order valence-electron chi connectivity index (χ1n) is 6.45. The average Bonchev–Trinajstić information content (AvgIpc) is 2.96. The third-order valence-corrected chi connectivity index (χ3v) is 3.98. The molecule has 0 aromatic carbocycles. The second kappa shape index (κ2) is 4.72. The van der Waals surface area contributed by atoms with Crippen LogP contribution in [0.25, 0.3) is 0 Å². The van der Waals surface area contributed by atoms with Crippen molar-refractivity contribution in [1.29, 1.82) is 0 Å². The highest BCUT2D eigenvalue weighted by atomic mass is 16.4. The van der Waals surface area contributed by atoms with Gasteiger partial charge in [-0.15, -0.1) is 0 Å². The average molecular weight is 251 g/mol. The maximum absolute atomic E-state index is 11.4. The molecular weight excluding hydrogens is 230 g/mol. The minimum atomic E-state index is -0.775. The van der Waals surface area contributed by atoms with Crippen molar-refractivity contribution in [1.82, 2.24) is 14.9 Å². The number of likely N-dealkylation sites (N-methyl/N-ethyl adjacent to an activating group) is 1. The first-order valence-corrected chi connectivity index (χ1v) is 6.45. The number of hydrogen-bond donors (Lipinski definition) is 2. The lowest BCUT2D eigenvalue weighted by Gasteiger charge is -2.24. The Kier molecular flexibility index (Phi) is 3.43. The predicted octanol–water partition coefficient (Wildman–Crippen LogP) is 1.77. The number of hydrogen-bond acceptors (Lipinski definition) is 3. The van der Waals surface area contributed by atoms with Crippen molar-refractivity contribution < 1.29 is 9.90 Å². The number of aliphatic carboxylic acids is 1. The van der Waals surface area contributed by atoms with Gasteiger partial charge in [-0.1, -0.05) is 13.8 Å². The van der Waals surface area contributed by atoms with Gasteiger partial charge < -0.3 is 15.0 Å². The summed E-state index contributed by atoms with van der Waals surface area (Å²) in [6.07, 6.45) is 5.93. The van der Waals surface area contributed by atoms with Gasteiger partial charge in [0.15, 0.2) is 0 Å². The Morgan fingerprint density at radius 2 is 2.39 bits per heavy atom. The van der Waals surface area contributed by atoms with Gasteiger partial charge in [0.1, 0.15) is 11.4 Å². The van der Waals surface area contributed by atoms with Gasteiger partial charge in [0.25, 0.3) is 0 Å². The van der Waals surface area contributed by atoms with Gasteiger partial charge in [0.05, 0.1) is 0 Å². The van der Waals surface area contributed by atoms with Crippen molar-refractivity contribution in [2.24, 2.45) is 0 Å². The Morgan fingerprint density at radius 3 is 2.89 bits per heavy atom. The van der Waals surface area contributed by atoms with Gasteiger partial charge in [0.2, 0.25) is 0 Å². The van der Waals surface area contributed by atoms with Gasteiger partial charge in [-0.2, -0.15) is 0 Å². The summed E-state index contributed by atoms with van der Waals surface area (Å²) in [5.41, 5.74) is -0.775. The van der Waals surface area contributed by atoms with Crippen LogP contribution in [0.4, 0.5) is 0 Å². The summed E-state index contributed by atoms with van der Waals surface area (Å²) >= 11 is 0. The summed E-state index contributed by atoms with van der Waals surface area (Å²) < 4.78 is 2.15. The molecule has 1 aromatic rings. The number of imidazole rings is 1. The third kappa shape index (κ3) is 2.03. The molecule has 0 bridgehead atoms. The van der Waals surface area contributed by atoms with Crippen molar-refractivity contribution in [2.45, 2.75) is 50.6 Å². The van der Waals surface area contributed by atoms with E-state index in [4.69, 9.17) is 0 Å². The Labute approximate surface area is 107 Å². The van der Waals surface area contributed by atoms with Crippen molar-refractivity contribution in [3.63, 3.8) is 0 Å².